The highest BCUT2D eigenvalue weighted by atomic mass is 16.3. The van der Waals surface area contributed by atoms with Crippen molar-refractivity contribution in [1.29, 1.82) is 0 Å². The molecule has 2 aliphatic rings. The minimum absolute atomic E-state index is 0.00829. The van der Waals surface area contributed by atoms with E-state index in [0.717, 1.165) is 12.8 Å². The number of rotatable bonds is 4. The van der Waals surface area contributed by atoms with Gasteiger partial charge < -0.3 is 20.0 Å². The summed E-state index contributed by atoms with van der Waals surface area (Å²) in [5, 5.41) is 17.9. The summed E-state index contributed by atoms with van der Waals surface area (Å²) in [5.74, 6) is 0. The van der Waals surface area contributed by atoms with Crippen molar-refractivity contribution in [3.63, 3.8) is 0 Å². The second-order valence-electron chi connectivity index (χ2n) is 4.18. The minimum Gasteiger partial charge on any atom is -0.395 e. The summed E-state index contributed by atoms with van der Waals surface area (Å²) in [6.07, 6.45) is 6.04. The van der Waals surface area contributed by atoms with E-state index in [-0.39, 0.29) is 31.3 Å². The van der Waals surface area contributed by atoms with Crippen LogP contribution in [0.5, 0.6) is 0 Å². The Morgan fingerprint density at radius 1 is 1.25 bits per heavy atom. The summed E-state index contributed by atoms with van der Waals surface area (Å²) in [4.78, 5) is 15.5. The third-order valence-corrected chi connectivity index (χ3v) is 3.29. The quantitative estimate of drug-likeness (QED) is 0.652. The highest BCUT2D eigenvalue weighted by Crippen LogP contribution is 2.29. The molecule has 1 aliphatic heterocycles. The molecule has 1 aliphatic carbocycles. The van der Waals surface area contributed by atoms with Crippen molar-refractivity contribution in [2.45, 2.75) is 24.9 Å². The summed E-state index contributed by atoms with van der Waals surface area (Å²) >= 11 is 0. The molecule has 90 valence electrons. The molecular formula is C11H18N2O3. The lowest BCUT2D eigenvalue weighted by Gasteiger charge is -2.27. The van der Waals surface area contributed by atoms with E-state index in [2.05, 4.69) is 6.08 Å². The van der Waals surface area contributed by atoms with E-state index in [9.17, 15) is 4.79 Å². The number of nitrogens with zero attached hydrogens (tertiary/aromatic N) is 2. The summed E-state index contributed by atoms with van der Waals surface area (Å²) in [7, 11) is 0. The average Bonchev–Trinajstić information content (AvgIpc) is 2.56. The molecule has 0 radical (unpaired) electrons. The van der Waals surface area contributed by atoms with E-state index in [1.54, 1.807) is 9.80 Å². The summed E-state index contributed by atoms with van der Waals surface area (Å²) < 4.78 is 0. The average molecular weight is 226 g/mol. The third-order valence-electron chi connectivity index (χ3n) is 3.29. The van der Waals surface area contributed by atoms with Crippen molar-refractivity contribution >= 4 is 6.03 Å². The number of fused-ring (bicyclic) bond motifs is 1. The number of amides is 2. The van der Waals surface area contributed by atoms with E-state index in [1.807, 2.05) is 6.08 Å². The summed E-state index contributed by atoms with van der Waals surface area (Å²) in [5.41, 5.74) is 0. The van der Waals surface area contributed by atoms with Crippen LogP contribution in [0.2, 0.25) is 0 Å². The largest absolute Gasteiger partial charge is 0.395 e. The normalized spacial score (nSPS) is 28.8. The first-order valence-corrected chi connectivity index (χ1v) is 5.75. The predicted octanol–water partition coefficient (Wildman–Crippen LogP) is -0.204. The molecule has 0 bridgehead atoms. The third kappa shape index (κ3) is 1.81. The van der Waals surface area contributed by atoms with Gasteiger partial charge in [0.1, 0.15) is 0 Å². The van der Waals surface area contributed by atoms with Crippen LogP contribution in [0.4, 0.5) is 4.79 Å². The van der Waals surface area contributed by atoms with Gasteiger partial charge in [-0.2, -0.15) is 0 Å². The lowest BCUT2D eigenvalue weighted by Crippen LogP contribution is -2.39. The first-order chi connectivity index (χ1) is 7.79. The maximum absolute atomic E-state index is 12.0. The Morgan fingerprint density at radius 2 is 1.94 bits per heavy atom. The molecule has 5 nitrogen and oxygen atoms in total. The monoisotopic (exact) mass is 226 g/mol. The van der Waals surface area contributed by atoms with Gasteiger partial charge in [-0.25, -0.2) is 4.79 Å². The number of hydrogen-bond acceptors (Lipinski definition) is 3. The van der Waals surface area contributed by atoms with Crippen LogP contribution in [-0.4, -0.2) is 64.4 Å². The molecular weight excluding hydrogens is 208 g/mol. The van der Waals surface area contributed by atoms with Gasteiger partial charge in [0.25, 0.3) is 0 Å². The van der Waals surface area contributed by atoms with E-state index in [1.165, 1.54) is 0 Å². The van der Waals surface area contributed by atoms with Crippen molar-refractivity contribution < 1.29 is 15.0 Å². The van der Waals surface area contributed by atoms with Gasteiger partial charge in [0.2, 0.25) is 0 Å². The summed E-state index contributed by atoms with van der Waals surface area (Å²) in [6.45, 7) is 0.726. The Labute approximate surface area is 95.0 Å². The zero-order chi connectivity index (χ0) is 11.5. The Hall–Kier alpha value is -1.07. The second kappa shape index (κ2) is 4.84. The smallest absolute Gasteiger partial charge is 0.321 e. The molecule has 0 aromatic rings. The standard InChI is InChI=1S/C11H18N2O3/c14-7-5-12-9-3-1-2-4-10(9)13(6-8-15)11(12)16/h1,3,9-10,14-15H,2,4-8H2. The van der Waals surface area contributed by atoms with Crippen LogP contribution in [0.15, 0.2) is 12.2 Å². The van der Waals surface area contributed by atoms with Gasteiger partial charge in [-0.1, -0.05) is 12.2 Å². The first kappa shape index (κ1) is 11.4. The minimum atomic E-state index is -0.0651. The van der Waals surface area contributed by atoms with E-state index >= 15 is 0 Å². The number of aliphatic hydroxyl groups is 2. The van der Waals surface area contributed by atoms with Crippen molar-refractivity contribution in [2.24, 2.45) is 0 Å². The van der Waals surface area contributed by atoms with Crippen LogP contribution in [-0.2, 0) is 0 Å². The molecule has 1 fully saturated rings. The van der Waals surface area contributed by atoms with Gasteiger partial charge in [-0.3, -0.25) is 0 Å². The predicted molar refractivity (Wildman–Crippen MR) is 58.9 cm³/mol. The number of carbonyl (C=O) groups is 1. The van der Waals surface area contributed by atoms with Crippen molar-refractivity contribution in [3.05, 3.63) is 12.2 Å². The molecule has 2 atom stereocenters. The van der Waals surface area contributed by atoms with E-state index < -0.39 is 0 Å². The molecule has 0 saturated carbocycles. The fraction of sp³-hybridized carbons (Fsp3) is 0.727. The van der Waals surface area contributed by atoms with Gasteiger partial charge in [-0.15, -0.1) is 0 Å². The number of β-amino-alcohol motifs (C(OH)–C–C–N with tert-alkyl or cyclic N) is 2. The van der Waals surface area contributed by atoms with E-state index in [4.69, 9.17) is 10.2 Å². The topological polar surface area (TPSA) is 64.0 Å². The molecule has 16 heavy (non-hydrogen) atoms. The highest BCUT2D eigenvalue weighted by Gasteiger charge is 2.44. The maximum Gasteiger partial charge on any atom is 0.321 e. The lowest BCUT2D eigenvalue weighted by atomic mass is 9.96. The SMILES string of the molecule is O=C1N(CCO)C2C=CCCC2N1CCO. The fourth-order valence-electron chi connectivity index (χ4n) is 2.61. The van der Waals surface area contributed by atoms with Crippen LogP contribution in [0.3, 0.4) is 0 Å². The molecule has 2 amide bonds. The van der Waals surface area contributed by atoms with Gasteiger partial charge in [0, 0.05) is 13.1 Å². The molecule has 2 unspecified atom stereocenters. The summed E-state index contributed by atoms with van der Waals surface area (Å²) in [6, 6.07) is 0.167. The van der Waals surface area contributed by atoms with Crippen LogP contribution in [0.25, 0.3) is 0 Å². The first-order valence-electron chi connectivity index (χ1n) is 5.75. The highest BCUT2D eigenvalue weighted by molar-refractivity contribution is 5.78. The Morgan fingerprint density at radius 3 is 2.62 bits per heavy atom. The maximum atomic E-state index is 12.0. The lowest BCUT2D eigenvalue weighted by molar-refractivity contribution is 0.162. The Kier molecular flexibility index (Phi) is 3.46. The van der Waals surface area contributed by atoms with Crippen LogP contribution >= 0.6 is 0 Å². The molecule has 1 heterocycles. The second-order valence-corrected chi connectivity index (χ2v) is 4.18. The number of allylic oxidation sites excluding steroid dienone is 1. The fourth-order valence-corrected chi connectivity index (χ4v) is 2.61. The van der Waals surface area contributed by atoms with Gasteiger partial charge >= 0.3 is 6.03 Å². The number of aliphatic hydroxyl groups excluding tert-OH is 2. The number of urea groups is 1. The van der Waals surface area contributed by atoms with Crippen molar-refractivity contribution in [3.8, 4) is 0 Å². The zero-order valence-electron chi connectivity index (χ0n) is 9.25. The zero-order valence-corrected chi connectivity index (χ0v) is 9.25. The number of carbonyl (C=O) groups excluding carboxylic acids is 1. The molecule has 0 spiro atoms. The number of hydrogen-bond donors (Lipinski definition) is 2. The molecule has 2 N–H and O–H groups in total. The molecule has 1 saturated heterocycles. The van der Waals surface area contributed by atoms with Gasteiger partial charge in [0.05, 0.1) is 25.3 Å². The molecule has 5 heteroatoms. The molecule has 2 rings (SSSR count). The van der Waals surface area contributed by atoms with Crippen LogP contribution in [0, 0.1) is 0 Å². The molecule has 0 aromatic carbocycles. The van der Waals surface area contributed by atoms with Gasteiger partial charge in [0.15, 0.2) is 0 Å². The van der Waals surface area contributed by atoms with Gasteiger partial charge in [-0.05, 0) is 12.8 Å². The van der Waals surface area contributed by atoms with Crippen molar-refractivity contribution in [1.82, 2.24) is 9.80 Å². The Bertz CT molecular complexity index is 293. The Balaban J connectivity index is 2.18. The van der Waals surface area contributed by atoms with Crippen molar-refractivity contribution in [2.75, 3.05) is 26.3 Å². The molecule has 0 aromatic heterocycles. The van der Waals surface area contributed by atoms with E-state index in [0.29, 0.717) is 13.1 Å². The van der Waals surface area contributed by atoms with Crippen LogP contribution < -0.4 is 0 Å². The van der Waals surface area contributed by atoms with Crippen LogP contribution in [0.1, 0.15) is 12.8 Å².